The predicted molar refractivity (Wildman–Crippen MR) is 190 cm³/mol. The summed E-state index contributed by atoms with van der Waals surface area (Å²) in [6.07, 6.45) is 15.5. The Hall–Kier alpha value is -4.64. The quantitative estimate of drug-likeness (QED) is 0.161. The van der Waals surface area contributed by atoms with E-state index < -0.39 is 34.3 Å². The average molecular weight is 695 g/mol. The minimum absolute atomic E-state index is 0.0244. The number of tetrazole rings is 1. The van der Waals surface area contributed by atoms with Gasteiger partial charge in [0.15, 0.2) is 29.1 Å². The number of ether oxygens (including phenoxy) is 4. The van der Waals surface area contributed by atoms with E-state index in [1.807, 2.05) is 39.8 Å². The molecule has 0 amide bonds. The fourth-order valence-corrected chi connectivity index (χ4v) is 8.81. The molecule has 51 heavy (non-hydrogen) atoms. The van der Waals surface area contributed by atoms with Crippen LogP contribution >= 0.6 is 0 Å². The maximum atomic E-state index is 15.4. The maximum absolute atomic E-state index is 15.4. The number of ketones is 2. The van der Waals surface area contributed by atoms with Crippen molar-refractivity contribution in [2.75, 3.05) is 7.11 Å². The lowest BCUT2D eigenvalue weighted by Gasteiger charge is -2.56. The van der Waals surface area contributed by atoms with Crippen LogP contribution < -0.4 is 9.47 Å². The second kappa shape index (κ2) is 12.0. The van der Waals surface area contributed by atoms with E-state index in [1.165, 1.54) is 23.8 Å². The Bertz CT molecular complexity index is 2010. The van der Waals surface area contributed by atoms with Gasteiger partial charge in [-0.3, -0.25) is 9.59 Å². The molecule has 8 rings (SSSR count). The van der Waals surface area contributed by atoms with E-state index in [9.17, 15) is 9.59 Å². The summed E-state index contributed by atoms with van der Waals surface area (Å²) in [4.78, 5) is 43.8. The molecule has 6 aliphatic rings. The Labute approximate surface area is 298 Å². The second-order valence-corrected chi connectivity index (χ2v) is 15.7. The number of esters is 1. The van der Waals surface area contributed by atoms with Gasteiger partial charge in [0, 0.05) is 40.5 Å². The van der Waals surface area contributed by atoms with Crippen LogP contribution in [0.2, 0.25) is 0 Å². The number of nitrogens with zero attached hydrogens (tertiary/aromatic N) is 4. The first-order chi connectivity index (χ1) is 24.1. The smallest absolute Gasteiger partial charge is 0.333 e. The molecule has 0 radical (unpaired) electrons. The van der Waals surface area contributed by atoms with Crippen LogP contribution in [0.4, 0.5) is 0 Å². The van der Waals surface area contributed by atoms with Crippen LogP contribution in [0.3, 0.4) is 0 Å². The normalized spacial score (nSPS) is 29.3. The van der Waals surface area contributed by atoms with Gasteiger partial charge in [0.25, 0.3) is 0 Å². The zero-order chi connectivity index (χ0) is 36.7. The van der Waals surface area contributed by atoms with Gasteiger partial charge in [-0.1, -0.05) is 35.5 Å². The van der Waals surface area contributed by atoms with Gasteiger partial charge in [-0.2, -0.15) is 0 Å². The third kappa shape index (κ3) is 5.10. The van der Waals surface area contributed by atoms with Gasteiger partial charge in [-0.15, -0.1) is 15.0 Å². The average Bonchev–Trinajstić information content (AvgIpc) is 3.66. The maximum Gasteiger partial charge on any atom is 0.333 e. The van der Waals surface area contributed by atoms with Crippen LogP contribution in [0.1, 0.15) is 103 Å². The predicted octanol–water partition coefficient (Wildman–Crippen LogP) is 6.60. The summed E-state index contributed by atoms with van der Waals surface area (Å²) in [6, 6.07) is 0. The zero-order valence-electron chi connectivity index (χ0n) is 30.9. The standard InChI is InChI=1S/C40H46N4O7/c1-22(2)11-10-16-38(8)17-15-26-31(44-42-21-41-43-44)30-32(45)28-19-25-20-29-37(6,7)51-39(35(25)46,18-14-24(5)36(47)48-9)40(28,29)50-34(30)27(33(26)49-38)13-12-23(3)4/h11-12,14-15,17,19,21,25,29H,10,13,16,18,20H2,1-9H3. The molecule has 5 atom stereocenters. The van der Waals surface area contributed by atoms with E-state index in [2.05, 4.69) is 48.3 Å². The van der Waals surface area contributed by atoms with Crippen molar-refractivity contribution in [3.8, 4) is 17.2 Å². The number of hydrogen-bond donors (Lipinski definition) is 0. The monoisotopic (exact) mass is 694 g/mol. The number of rotatable bonds is 9. The summed E-state index contributed by atoms with van der Waals surface area (Å²) in [5, 5.41) is 12.6. The van der Waals surface area contributed by atoms with Crippen molar-refractivity contribution in [3.05, 3.63) is 75.7 Å². The van der Waals surface area contributed by atoms with E-state index in [-0.39, 0.29) is 29.5 Å². The van der Waals surface area contributed by atoms with Crippen molar-refractivity contribution in [2.24, 2.45) is 11.8 Å². The Morgan fingerprint density at radius 1 is 1.04 bits per heavy atom. The number of hydrogen-bond acceptors (Lipinski definition) is 10. The largest absolute Gasteiger partial charge is 0.482 e. The molecule has 4 bridgehead atoms. The first-order valence-electron chi connectivity index (χ1n) is 17.7. The summed E-state index contributed by atoms with van der Waals surface area (Å²) in [5.74, 6) is -0.979. The molecule has 1 saturated heterocycles. The SMILES string of the molecule is COC(=O)C(C)=CCC12OC(C)(C)C3CC(C=C4C(=O)c5c(c(CC=C(C)C)c6c(c5-n5ncnn5)C=CC(C)(CCC=C(C)C)O6)OC431)C2=O. The van der Waals surface area contributed by atoms with Crippen molar-refractivity contribution in [3.63, 3.8) is 0 Å². The van der Waals surface area contributed by atoms with Crippen LogP contribution in [0, 0.1) is 11.8 Å². The van der Waals surface area contributed by atoms with Gasteiger partial charge in [-0.25, -0.2) is 4.79 Å². The molecule has 2 fully saturated rings. The third-order valence-electron chi connectivity index (χ3n) is 11.2. The lowest BCUT2D eigenvalue weighted by molar-refractivity contribution is -0.171. The van der Waals surface area contributed by atoms with Crippen LogP contribution in [-0.4, -0.2) is 67.3 Å². The molecule has 1 aromatic heterocycles. The summed E-state index contributed by atoms with van der Waals surface area (Å²) < 4.78 is 26.3. The minimum atomic E-state index is -1.58. The summed E-state index contributed by atoms with van der Waals surface area (Å²) >= 11 is 0. The summed E-state index contributed by atoms with van der Waals surface area (Å²) in [6.45, 7) is 15.8. The van der Waals surface area contributed by atoms with Gasteiger partial charge >= 0.3 is 5.97 Å². The molecular weight excluding hydrogens is 648 g/mol. The van der Waals surface area contributed by atoms with Crippen molar-refractivity contribution in [2.45, 2.75) is 110 Å². The molecular formula is C40H46N4O7. The molecule has 11 heteroatoms. The fraction of sp³-hybridized carbons (Fsp3) is 0.500. The Kier molecular flexibility index (Phi) is 8.16. The molecule has 1 spiro atoms. The zero-order valence-corrected chi connectivity index (χ0v) is 30.9. The van der Waals surface area contributed by atoms with Gasteiger partial charge in [0.2, 0.25) is 0 Å². The second-order valence-electron chi connectivity index (χ2n) is 15.7. The highest BCUT2D eigenvalue weighted by Crippen LogP contribution is 2.68. The van der Waals surface area contributed by atoms with Crippen LogP contribution in [0.25, 0.3) is 11.8 Å². The lowest BCUT2D eigenvalue weighted by Crippen LogP contribution is -2.72. The highest BCUT2D eigenvalue weighted by molar-refractivity contribution is 6.19. The van der Waals surface area contributed by atoms with Gasteiger partial charge in [0.1, 0.15) is 22.8 Å². The number of benzene rings is 1. The van der Waals surface area contributed by atoms with Crippen molar-refractivity contribution in [1.82, 2.24) is 20.2 Å². The van der Waals surface area contributed by atoms with Crippen molar-refractivity contribution in [1.29, 1.82) is 0 Å². The molecule has 3 aliphatic carbocycles. The molecule has 3 aliphatic heterocycles. The van der Waals surface area contributed by atoms with E-state index in [0.717, 1.165) is 18.4 Å². The summed E-state index contributed by atoms with van der Waals surface area (Å²) in [5.41, 5.74) is 0.498. The number of Topliss-reactive ketones (excluding diaryl/α,β-unsaturated/α-hetero) is 2. The fourth-order valence-electron chi connectivity index (χ4n) is 8.81. The molecule has 5 unspecified atom stereocenters. The van der Waals surface area contributed by atoms with E-state index in [1.54, 1.807) is 19.1 Å². The van der Waals surface area contributed by atoms with Crippen molar-refractivity contribution >= 4 is 23.6 Å². The van der Waals surface area contributed by atoms with Crippen LogP contribution in [0.5, 0.6) is 11.5 Å². The van der Waals surface area contributed by atoms with Gasteiger partial charge in [0.05, 0.1) is 18.3 Å². The Morgan fingerprint density at radius 3 is 2.45 bits per heavy atom. The molecule has 268 valence electrons. The number of aromatic nitrogens is 4. The first-order valence-corrected chi connectivity index (χ1v) is 17.7. The Morgan fingerprint density at radius 2 is 1.78 bits per heavy atom. The van der Waals surface area contributed by atoms with Crippen molar-refractivity contribution < 1.29 is 33.3 Å². The van der Waals surface area contributed by atoms with E-state index >= 15 is 4.79 Å². The summed E-state index contributed by atoms with van der Waals surface area (Å²) in [7, 11) is 1.32. The van der Waals surface area contributed by atoms with Gasteiger partial charge in [-0.05, 0) is 98.4 Å². The molecule has 1 saturated carbocycles. The molecule has 0 N–H and O–H groups in total. The van der Waals surface area contributed by atoms with E-state index in [4.69, 9.17) is 18.9 Å². The number of methoxy groups -OCH3 is 1. The number of fused-ring (bicyclic) bond motifs is 2. The lowest BCUT2D eigenvalue weighted by atomic mass is 9.51. The highest BCUT2D eigenvalue weighted by atomic mass is 16.6. The topological polar surface area (TPSA) is 132 Å². The van der Waals surface area contributed by atoms with E-state index in [0.29, 0.717) is 52.3 Å². The molecule has 11 nitrogen and oxygen atoms in total. The van der Waals surface area contributed by atoms with Crippen LogP contribution in [-0.2, 0) is 25.5 Å². The molecule has 4 heterocycles. The number of allylic oxidation sites excluding steroid dienone is 5. The third-order valence-corrected chi connectivity index (χ3v) is 11.2. The molecule has 2 aromatic rings. The number of carbonyl (C=O) groups excluding carboxylic acids is 3. The Balaban J connectivity index is 1.51. The first kappa shape index (κ1) is 34.8. The molecule has 1 aromatic carbocycles. The minimum Gasteiger partial charge on any atom is -0.482 e. The number of carbonyl (C=O) groups is 3. The van der Waals surface area contributed by atoms with Gasteiger partial charge < -0.3 is 18.9 Å². The van der Waals surface area contributed by atoms with Crippen LogP contribution in [0.15, 0.2) is 59.0 Å². The highest BCUT2D eigenvalue weighted by Gasteiger charge is 2.81.